The minimum Gasteiger partial charge on any atom is -0.375 e. The number of hydrogen-bond acceptors (Lipinski definition) is 5. The number of rotatable bonds is 7. The summed E-state index contributed by atoms with van der Waals surface area (Å²) in [5, 5.41) is 2.31. The molecule has 2 aromatic carbocycles. The third kappa shape index (κ3) is 4.44. The summed E-state index contributed by atoms with van der Waals surface area (Å²) in [5.41, 5.74) is 7.04. The highest BCUT2D eigenvalue weighted by atomic mass is 35.5. The maximum atomic E-state index is 14.0. The highest BCUT2D eigenvalue weighted by Crippen LogP contribution is 2.52. The smallest absolute Gasteiger partial charge is 0.249 e. The van der Waals surface area contributed by atoms with Crippen LogP contribution < -0.4 is 5.73 Å². The van der Waals surface area contributed by atoms with Crippen molar-refractivity contribution in [1.29, 1.82) is 0 Å². The molecular formula is C25H23ClN2O4S. The third-order valence-corrected chi connectivity index (χ3v) is 7.15. The number of nitrogens with two attached hydrogens (primary N) is 1. The second kappa shape index (κ2) is 9.87. The van der Waals surface area contributed by atoms with Gasteiger partial charge in [-0.3, -0.25) is 14.4 Å². The zero-order valence-corrected chi connectivity index (χ0v) is 19.5. The van der Waals surface area contributed by atoms with Crippen LogP contribution >= 0.6 is 22.9 Å². The summed E-state index contributed by atoms with van der Waals surface area (Å²) in [5.74, 6) is -2.63. The molecule has 0 saturated carbocycles. The lowest BCUT2D eigenvalue weighted by Gasteiger charge is -2.30. The monoisotopic (exact) mass is 482 g/mol. The van der Waals surface area contributed by atoms with Crippen molar-refractivity contribution in [3.8, 4) is 0 Å². The Kier molecular flexibility index (Phi) is 6.93. The number of halogens is 1. The molecule has 2 N–H and O–H groups in total. The number of benzene rings is 2. The van der Waals surface area contributed by atoms with Crippen LogP contribution in [-0.2, 0) is 14.3 Å². The van der Waals surface area contributed by atoms with Crippen molar-refractivity contribution in [3.05, 3.63) is 93.1 Å². The lowest BCUT2D eigenvalue weighted by molar-refractivity contribution is -0.143. The van der Waals surface area contributed by atoms with E-state index in [9.17, 15) is 14.4 Å². The van der Waals surface area contributed by atoms with Crippen molar-refractivity contribution in [2.45, 2.75) is 18.0 Å². The fraction of sp³-hybridized carbons (Fsp3) is 0.240. The van der Waals surface area contributed by atoms with Crippen LogP contribution in [0.25, 0.3) is 0 Å². The molecule has 4 unspecified atom stereocenters. The largest absolute Gasteiger partial charge is 0.375 e. The van der Waals surface area contributed by atoms with Crippen LogP contribution in [0.4, 0.5) is 0 Å². The van der Waals surface area contributed by atoms with E-state index in [0.717, 1.165) is 10.4 Å². The van der Waals surface area contributed by atoms with Crippen LogP contribution in [0.3, 0.4) is 0 Å². The van der Waals surface area contributed by atoms with Gasteiger partial charge in [-0.25, -0.2) is 0 Å². The molecule has 0 bridgehead atoms. The predicted molar refractivity (Wildman–Crippen MR) is 127 cm³/mol. The van der Waals surface area contributed by atoms with Gasteiger partial charge in [0.25, 0.3) is 0 Å². The van der Waals surface area contributed by atoms with E-state index in [2.05, 4.69) is 0 Å². The molecule has 6 nitrogen and oxygen atoms in total. The van der Waals surface area contributed by atoms with E-state index in [-0.39, 0.29) is 12.4 Å². The Bertz CT molecular complexity index is 1150. The van der Waals surface area contributed by atoms with E-state index in [0.29, 0.717) is 10.6 Å². The number of primary amides is 1. The molecular weight excluding hydrogens is 460 g/mol. The molecule has 0 aliphatic carbocycles. The first-order valence-electron chi connectivity index (χ1n) is 10.4. The van der Waals surface area contributed by atoms with Gasteiger partial charge in [-0.15, -0.1) is 11.3 Å². The van der Waals surface area contributed by atoms with Gasteiger partial charge in [-0.2, -0.15) is 0 Å². The number of hydrogen-bond donors (Lipinski definition) is 1. The maximum absolute atomic E-state index is 14.0. The average Bonchev–Trinajstić information content (AvgIpc) is 3.45. The van der Waals surface area contributed by atoms with Gasteiger partial charge in [0, 0.05) is 28.5 Å². The molecule has 1 aliphatic heterocycles. The Balaban J connectivity index is 1.95. The number of Topliss-reactive ketones (excluding diaryl/α,β-unsaturated/α-hetero) is 1. The van der Waals surface area contributed by atoms with Crippen molar-refractivity contribution in [3.63, 3.8) is 0 Å². The second-order valence-corrected chi connectivity index (χ2v) is 9.29. The van der Waals surface area contributed by atoms with Crippen molar-refractivity contribution in [2.24, 2.45) is 11.7 Å². The standard InChI is InChI=1S/C25H23ClN2O4S/c1-32-14-19(29)28-22(15-7-3-2-4-8-15)21(24(30)16-9-5-10-17(26)13-16)20(23(28)25(27)31)18-11-6-12-33-18/h2-13,20-23H,14H2,1H3,(H2,27,31). The van der Waals surface area contributed by atoms with Crippen LogP contribution in [0.2, 0.25) is 5.02 Å². The summed E-state index contributed by atoms with van der Waals surface area (Å²) in [6.45, 7) is -0.234. The molecule has 0 spiro atoms. The van der Waals surface area contributed by atoms with E-state index in [1.807, 2.05) is 47.8 Å². The lowest BCUT2D eigenvalue weighted by atomic mass is 9.78. The molecule has 4 rings (SSSR count). The quantitative estimate of drug-likeness (QED) is 0.514. The molecule has 1 aromatic heterocycles. The maximum Gasteiger partial charge on any atom is 0.249 e. The van der Waals surface area contributed by atoms with Gasteiger partial charge in [0.15, 0.2) is 5.78 Å². The SMILES string of the molecule is COCC(=O)N1C(C(N)=O)C(c2cccs2)C(C(=O)c2cccc(Cl)c2)C1c1ccccc1. The number of ketones is 1. The average molecular weight is 483 g/mol. The summed E-state index contributed by atoms with van der Waals surface area (Å²) in [6, 6.07) is 18.0. The lowest BCUT2D eigenvalue weighted by Crippen LogP contribution is -2.47. The van der Waals surface area contributed by atoms with Crippen LogP contribution in [0.5, 0.6) is 0 Å². The second-order valence-electron chi connectivity index (χ2n) is 7.88. The fourth-order valence-corrected chi connectivity index (χ4v) is 5.80. The minimum atomic E-state index is -1.01. The zero-order valence-electron chi connectivity index (χ0n) is 17.9. The molecule has 2 amide bonds. The molecule has 2 heterocycles. The van der Waals surface area contributed by atoms with E-state index < -0.39 is 35.7 Å². The number of likely N-dealkylation sites (tertiary alicyclic amines) is 1. The van der Waals surface area contributed by atoms with Gasteiger partial charge in [0.1, 0.15) is 12.6 Å². The normalized spacial score (nSPS) is 22.3. The Labute approximate surface area is 200 Å². The van der Waals surface area contributed by atoms with Crippen LogP contribution in [0.1, 0.15) is 32.8 Å². The highest BCUT2D eigenvalue weighted by molar-refractivity contribution is 7.10. The van der Waals surface area contributed by atoms with Crippen LogP contribution in [-0.4, -0.2) is 42.3 Å². The Morgan fingerprint density at radius 3 is 2.42 bits per heavy atom. The summed E-state index contributed by atoms with van der Waals surface area (Å²) >= 11 is 7.61. The molecule has 1 fully saturated rings. The number of thiophene rings is 1. The first-order valence-corrected chi connectivity index (χ1v) is 11.7. The first kappa shape index (κ1) is 23.2. The van der Waals surface area contributed by atoms with E-state index >= 15 is 0 Å². The number of amides is 2. The summed E-state index contributed by atoms with van der Waals surface area (Å²) in [6.07, 6.45) is 0. The summed E-state index contributed by atoms with van der Waals surface area (Å²) < 4.78 is 5.11. The number of carbonyl (C=O) groups is 3. The molecule has 33 heavy (non-hydrogen) atoms. The number of methoxy groups -OCH3 is 1. The summed E-state index contributed by atoms with van der Waals surface area (Å²) in [4.78, 5) is 42.4. The third-order valence-electron chi connectivity index (χ3n) is 5.94. The van der Waals surface area contributed by atoms with E-state index in [1.165, 1.54) is 23.3 Å². The Morgan fingerprint density at radius 2 is 1.82 bits per heavy atom. The van der Waals surface area contributed by atoms with Crippen molar-refractivity contribution in [1.82, 2.24) is 4.90 Å². The molecule has 4 atom stereocenters. The van der Waals surface area contributed by atoms with Crippen LogP contribution in [0.15, 0.2) is 72.1 Å². The highest BCUT2D eigenvalue weighted by Gasteiger charge is 2.57. The number of nitrogens with zero attached hydrogens (tertiary/aromatic N) is 1. The van der Waals surface area contributed by atoms with Gasteiger partial charge in [0.2, 0.25) is 11.8 Å². The fourth-order valence-electron chi connectivity index (χ4n) is 4.71. The van der Waals surface area contributed by atoms with Gasteiger partial charge < -0.3 is 15.4 Å². The number of carbonyl (C=O) groups excluding carboxylic acids is 3. The molecule has 170 valence electrons. The minimum absolute atomic E-state index is 0.205. The van der Waals surface area contributed by atoms with Crippen molar-refractivity contribution < 1.29 is 19.1 Å². The van der Waals surface area contributed by atoms with Crippen molar-refractivity contribution in [2.75, 3.05) is 13.7 Å². The zero-order chi connectivity index (χ0) is 23.5. The first-order chi connectivity index (χ1) is 15.9. The number of ether oxygens (including phenoxy) is 1. The van der Waals surface area contributed by atoms with E-state index in [1.54, 1.807) is 24.3 Å². The topological polar surface area (TPSA) is 89.7 Å². The predicted octanol–water partition coefficient (Wildman–Crippen LogP) is 4.07. The Morgan fingerprint density at radius 1 is 1.06 bits per heavy atom. The van der Waals surface area contributed by atoms with E-state index in [4.69, 9.17) is 22.1 Å². The van der Waals surface area contributed by atoms with Gasteiger partial charge in [-0.1, -0.05) is 60.1 Å². The molecule has 3 aromatic rings. The van der Waals surface area contributed by atoms with Gasteiger partial charge in [-0.05, 0) is 29.1 Å². The summed E-state index contributed by atoms with van der Waals surface area (Å²) in [7, 11) is 1.41. The molecule has 1 saturated heterocycles. The van der Waals surface area contributed by atoms with Crippen molar-refractivity contribution >= 4 is 40.5 Å². The molecule has 8 heteroatoms. The Hall–Kier alpha value is -3.00. The van der Waals surface area contributed by atoms with Gasteiger partial charge in [0.05, 0.1) is 12.0 Å². The van der Waals surface area contributed by atoms with Gasteiger partial charge >= 0.3 is 0 Å². The van der Waals surface area contributed by atoms with Crippen LogP contribution in [0, 0.1) is 5.92 Å². The molecule has 0 radical (unpaired) electrons. The molecule has 1 aliphatic rings.